The summed E-state index contributed by atoms with van der Waals surface area (Å²) < 4.78 is 1.88. The van der Waals surface area contributed by atoms with Crippen molar-refractivity contribution in [2.24, 2.45) is 12.1 Å². The predicted octanol–water partition coefficient (Wildman–Crippen LogP) is 3.52. The van der Waals surface area contributed by atoms with Gasteiger partial charge in [0.2, 0.25) is 0 Å². The van der Waals surface area contributed by atoms with Crippen LogP contribution in [0.15, 0.2) is 39.2 Å². The lowest BCUT2D eigenvalue weighted by molar-refractivity contribution is 0.102. The van der Waals surface area contributed by atoms with Gasteiger partial charge in [-0.25, -0.2) is 4.68 Å². The summed E-state index contributed by atoms with van der Waals surface area (Å²) in [5.41, 5.74) is 0.854. The zero-order valence-electron chi connectivity index (χ0n) is 13.2. The van der Waals surface area contributed by atoms with E-state index in [-0.39, 0.29) is 17.1 Å². The Balaban J connectivity index is 1.75. The average Bonchev–Trinajstić information content (AvgIpc) is 2.56. The fourth-order valence-electron chi connectivity index (χ4n) is 2.10. The van der Waals surface area contributed by atoms with E-state index >= 15 is 0 Å². The Labute approximate surface area is 162 Å². The number of fused-ring (bicyclic) bond motifs is 1. The SMILES string of the molecule is CN1N=C(SCC(=O)c2ccc(Cl)cc2Cl)Sc2c1cnn(C)c2=O. The number of Topliss-reactive ketones (excluding diaryl/α,β-unsaturated/α-hetero) is 1. The molecule has 6 nitrogen and oxygen atoms in total. The van der Waals surface area contributed by atoms with Crippen LogP contribution in [0.1, 0.15) is 10.4 Å². The highest BCUT2D eigenvalue weighted by Crippen LogP contribution is 2.35. The van der Waals surface area contributed by atoms with Gasteiger partial charge in [0, 0.05) is 24.7 Å². The van der Waals surface area contributed by atoms with E-state index in [0.29, 0.717) is 30.6 Å². The van der Waals surface area contributed by atoms with E-state index in [2.05, 4.69) is 10.2 Å². The van der Waals surface area contributed by atoms with Crippen LogP contribution >= 0.6 is 46.7 Å². The van der Waals surface area contributed by atoms with E-state index in [1.165, 1.54) is 34.3 Å². The molecule has 0 saturated carbocycles. The minimum absolute atomic E-state index is 0.133. The lowest BCUT2D eigenvalue weighted by atomic mass is 10.1. The van der Waals surface area contributed by atoms with Crippen LogP contribution in [0.3, 0.4) is 0 Å². The quantitative estimate of drug-likeness (QED) is 0.715. The van der Waals surface area contributed by atoms with E-state index in [0.717, 1.165) is 0 Å². The molecule has 1 aromatic heterocycles. The standard InChI is InChI=1S/C15H12Cl2N4O2S2/c1-20-11-6-18-21(2)14(23)13(11)25-15(19-20)24-7-12(22)9-4-3-8(16)5-10(9)17/h3-6H,7H2,1-2H3. The van der Waals surface area contributed by atoms with Gasteiger partial charge in [-0.3, -0.25) is 14.6 Å². The lowest BCUT2D eigenvalue weighted by Crippen LogP contribution is -2.27. The Morgan fingerprint density at radius 2 is 2.08 bits per heavy atom. The topological polar surface area (TPSA) is 67.6 Å². The number of carbonyl (C=O) groups is 1. The maximum absolute atomic E-state index is 12.4. The van der Waals surface area contributed by atoms with E-state index in [9.17, 15) is 9.59 Å². The van der Waals surface area contributed by atoms with Gasteiger partial charge in [-0.05, 0) is 18.2 Å². The third kappa shape index (κ3) is 3.87. The molecule has 0 amide bonds. The van der Waals surface area contributed by atoms with Crippen LogP contribution in [0.25, 0.3) is 0 Å². The van der Waals surface area contributed by atoms with E-state index in [4.69, 9.17) is 23.2 Å². The van der Waals surface area contributed by atoms with Crippen molar-refractivity contribution in [1.82, 2.24) is 9.78 Å². The van der Waals surface area contributed by atoms with Crippen molar-refractivity contribution in [3.05, 3.63) is 50.4 Å². The number of hydrazone groups is 1. The molecule has 0 fully saturated rings. The summed E-state index contributed by atoms with van der Waals surface area (Å²) in [5, 5.41) is 10.7. The molecule has 3 rings (SSSR count). The van der Waals surface area contributed by atoms with Crippen molar-refractivity contribution in [2.45, 2.75) is 4.90 Å². The Morgan fingerprint density at radius 3 is 2.80 bits per heavy atom. The normalized spacial score (nSPS) is 13.4. The lowest BCUT2D eigenvalue weighted by Gasteiger charge is -2.22. The van der Waals surface area contributed by atoms with Crippen LogP contribution in [0.4, 0.5) is 5.69 Å². The summed E-state index contributed by atoms with van der Waals surface area (Å²) in [5.74, 6) is 0.0212. The summed E-state index contributed by atoms with van der Waals surface area (Å²) in [6.07, 6.45) is 1.59. The summed E-state index contributed by atoms with van der Waals surface area (Å²) in [4.78, 5) is 25.1. The molecule has 0 saturated heterocycles. The summed E-state index contributed by atoms with van der Waals surface area (Å²) in [6.45, 7) is 0. The van der Waals surface area contributed by atoms with Crippen molar-refractivity contribution < 1.29 is 4.79 Å². The number of halogens is 2. The van der Waals surface area contributed by atoms with Gasteiger partial charge in [-0.15, -0.1) is 0 Å². The molecule has 0 spiro atoms. The number of thioether (sulfide) groups is 2. The van der Waals surface area contributed by atoms with Crippen molar-refractivity contribution in [3.63, 3.8) is 0 Å². The number of anilines is 1. The van der Waals surface area contributed by atoms with Crippen LogP contribution in [-0.2, 0) is 7.05 Å². The third-order valence-electron chi connectivity index (χ3n) is 3.40. The fraction of sp³-hybridized carbons (Fsp3) is 0.200. The van der Waals surface area contributed by atoms with Crippen molar-refractivity contribution in [3.8, 4) is 0 Å². The molecule has 2 heterocycles. The third-order valence-corrected chi connectivity index (χ3v) is 6.13. The molecule has 1 aliphatic heterocycles. The first-order valence-corrected chi connectivity index (χ1v) is 9.60. The largest absolute Gasteiger partial charge is 0.293 e. The van der Waals surface area contributed by atoms with E-state index in [1.807, 2.05) is 0 Å². The molecule has 0 aliphatic carbocycles. The van der Waals surface area contributed by atoms with Gasteiger partial charge in [-0.1, -0.05) is 46.7 Å². The van der Waals surface area contributed by atoms with Gasteiger partial charge < -0.3 is 0 Å². The number of nitrogens with zero attached hydrogens (tertiary/aromatic N) is 4. The molecule has 0 radical (unpaired) electrons. The Bertz CT molecular complexity index is 946. The van der Waals surface area contributed by atoms with Gasteiger partial charge in [0.15, 0.2) is 10.2 Å². The molecule has 0 atom stereocenters. The van der Waals surface area contributed by atoms with Crippen LogP contribution in [0, 0.1) is 0 Å². The highest BCUT2D eigenvalue weighted by Gasteiger charge is 2.23. The van der Waals surface area contributed by atoms with Gasteiger partial charge >= 0.3 is 0 Å². The Kier molecular flexibility index (Phi) is 5.43. The summed E-state index contributed by atoms with van der Waals surface area (Å²) in [7, 11) is 3.33. The van der Waals surface area contributed by atoms with Gasteiger partial charge in [0.05, 0.1) is 22.7 Å². The molecule has 130 valence electrons. The molecule has 25 heavy (non-hydrogen) atoms. The van der Waals surface area contributed by atoms with E-state index in [1.54, 1.807) is 37.4 Å². The highest BCUT2D eigenvalue weighted by atomic mass is 35.5. The molecular weight excluding hydrogens is 403 g/mol. The number of carbonyl (C=O) groups excluding carboxylic acids is 1. The maximum atomic E-state index is 12.4. The van der Waals surface area contributed by atoms with Gasteiger partial charge in [-0.2, -0.15) is 10.2 Å². The molecule has 1 aromatic carbocycles. The zero-order chi connectivity index (χ0) is 18.1. The highest BCUT2D eigenvalue weighted by molar-refractivity contribution is 8.39. The first-order chi connectivity index (χ1) is 11.9. The number of aryl methyl sites for hydroxylation is 1. The van der Waals surface area contributed by atoms with Crippen LogP contribution < -0.4 is 10.6 Å². The molecule has 1 aliphatic rings. The number of aromatic nitrogens is 2. The fourth-order valence-corrected chi connectivity index (χ4v) is 4.71. The number of hydrogen-bond donors (Lipinski definition) is 0. The molecule has 2 aromatic rings. The van der Waals surface area contributed by atoms with Crippen LogP contribution in [0.5, 0.6) is 0 Å². The smallest absolute Gasteiger partial charge is 0.282 e. The molecule has 0 N–H and O–H groups in total. The predicted molar refractivity (Wildman–Crippen MR) is 104 cm³/mol. The first kappa shape index (κ1) is 18.3. The molecule has 10 heteroatoms. The van der Waals surface area contributed by atoms with Crippen molar-refractivity contribution >= 4 is 62.6 Å². The maximum Gasteiger partial charge on any atom is 0.282 e. The number of rotatable bonds is 3. The van der Waals surface area contributed by atoms with Gasteiger partial charge in [0.25, 0.3) is 5.56 Å². The zero-order valence-corrected chi connectivity index (χ0v) is 16.3. The minimum atomic E-state index is -0.200. The van der Waals surface area contributed by atoms with Gasteiger partial charge in [0.1, 0.15) is 4.90 Å². The minimum Gasteiger partial charge on any atom is -0.293 e. The monoisotopic (exact) mass is 414 g/mol. The number of hydrogen-bond acceptors (Lipinski definition) is 7. The second kappa shape index (κ2) is 7.41. The van der Waals surface area contributed by atoms with E-state index < -0.39 is 0 Å². The number of benzene rings is 1. The molecular formula is C15H12Cl2N4O2S2. The van der Waals surface area contributed by atoms with Crippen molar-refractivity contribution in [2.75, 3.05) is 17.8 Å². The van der Waals surface area contributed by atoms with Crippen LogP contribution in [0.2, 0.25) is 10.0 Å². The number of ketones is 1. The molecule has 0 bridgehead atoms. The van der Waals surface area contributed by atoms with Crippen LogP contribution in [-0.4, -0.2) is 32.7 Å². The average molecular weight is 415 g/mol. The second-order valence-electron chi connectivity index (χ2n) is 5.12. The molecule has 0 unspecified atom stereocenters. The first-order valence-electron chi connectivity index (χ1n) is 7.04. The summed E-state index contributed by atoms with van der Waals surface area (Å²) in [6, 6.07) is 4.76. The van der Waals surface area contributed by atoms with Crippen molar-refractivity contribution in [1.29, 1.82) is 0 Å². The Morgan fingerprint density at radius 1 is 1.32 bits per heavy atom. The summed E-state index contributed by atoms with van der Waals surface area (Å²) >= 11 is 14.4. The Hall–Kier alpha value is -1.48. The second-order valence-corrected chi connectivity index (χ2v) is 8.18.